The first kappa shape index (κ1) is 11.3. The van der Waals surface area contributed by atoms with Crippen molar-refractivity contribution in [1.29, 1.82) is 0 Å². The van der Waals surface area contributed by atoms with Gasteiger partial charge in [0.2, 0.25) is 0 Å². The number of carbonyl (C=O) groups is 1. The van der Waals surface area contributed by atoms with Crippen molar-refractivity contribution in [3.8, 4) is 0 Å². The van der Waals surface area contributed by atoms with Crippen LogP contribution in [0.15, 0.2) is 24.3 Å². The van der Waals surface area contributed by atoms with Gasteiger partial charge in [0.25, 0.3) is 5.91 Å². The first-order chi connectivity index (χ1) is 8.77. The van der Waals surface area contributed by atoms with Crippen molar-refractivity contribution in [2.45, 2.75) is 38.0 Å². The van der Waals surface area contributed by atoms with Crippen LogP contribution < -0.4 is 5.73 Å². The summed E-state index contributed by atoms with van der Waals surface area (Å²) in [6.07, 6.45) is 6.15. The van der Waals surface area contributed by atoms with Gasteiger partial charge in [-0.2, -0.15) is 0 Å². The molecule has 0 spiro atoms. The van der Waals surface area contributed by atoms with Gasteiger partial charge in [0.05, 0.1) is 0 Å². The molecule has 1 saturated carbocycles. The molecule has 3 heteroatoms. The molecule has 0 radical (unpaired) electrons. The molecule has 18 heavy (non-hydrogen) atoms. The average molecular weight is 242 g/mol. The Balaban J connectivity index is 2.17. The number of rotatable bonds is 2. The number of amides is 1. The third kappa shape index (κ3) is 1.80. The summed E-state index contributed by atoms with van der Waals surface area (Å²) in [6, 6.07) is 8.10. The van der Waals surface area contributed by atoms with Crippen LogP contribution >= 0.6 is 0 Å². The minimum absolute atomic E-state index is 0.341. The zero-order valence-corrected chi connectivity index (χ0v) is 10.4. The molecule has 3 N–H and O–H groups in total. The van der Waals surface area contributed by atoms with Crippen molar-refractivity contribution in [1.82, 2.24) is 4.98 Å². The number of H-pyrrole nitrogens is 1. The van der Waals surface area contributed by atoms with Gasteiger partial charge in [-0.25, -0.2) is 0 Å². The van der Waals surface area contributed by atoms with Crippen molar-refractivity contribution in [2.24, 2.45) is 5.73 Å². The molecule has 1 aromatic carbocycles. The van der Waals surface area contributed by atoms with Crippen molar-refractivity contribution in [3.63, 3.8) is 0 Å². The molecule has 0 aliphatic heterocycles. The number of primary amides is 1. The fourth-order valence-electron chi connectivity index (χ4n) is 3.17. The highest BCUT2D eigenvalue weighted by atomic mass is 16.1. The number of benzene rings is 1. The first-order valence-corrected chi connectivity index (χ1v) is 6.68. The van der Waals surface area contributed by atoms with E-state index < -0.39 is 0 Å². The molecule has 0 saturated heterocycles. The number of aromatic amines is 1. The zero-order valence-electron chi connectivity index (χ0n) is 10.4. The molecule has 1 aliphatic rings. The molecule has 1 fully saturated rings. The Labute approximate surface area is 106 Å². The molecule has 94 valence electrons. The molecule has 0 unspecified atom stereocenters. The molecule has 3 nitrogen and oxygen atoms in total. The second kappa shape index (κ2) is 4.48. The third-order valence-corrected chi connectivity index (χ3v) is 4.01. The number of nitrogens with two attached hydrogens (primary N) is 1. The fourth-order valence-corrected chi connectivity index (χ4v) is 3.17. The number of hydrogen-bond acceptors (Lipinski definition) is 1. The van der Waals surface area contributed by atoms with Crippen LogP contribution in [0.5, 0.6) is 0 Å². The number of fused-ring (bicyclic) bond motifs is 1. The van der Waals surface area contributed by atoms with Crippen LogP contribution in [0, 0.1) is 0 Å². The highest BCUT2D eigenvalue weighted by Gasteiger charge is 2.24. The Bertz CT molecular complexity index is 579. The molecule has 0 bridgehead atoms. The molecule has 1 heterocycles. The van der Waals surface area contributed by atoms with E-state index in [4.69, 9.17) is 5.73 Å². The van der Waals surface area contributed by atoms with E-state index in [9.17, 15) is 4.79 Å². The Hall–Kier alpha value is -1.77. The zero-order chi connectivity index (χ0) is 12.5. The number of aromatic nitrogens is 1. The Morgan fingerprint density at radius 3 is 2.61 bits per heavy atom. The normalized spacial score (nSPS) is 17.1. The summed E-state index contributed by atoms with van der Waals surface area (Å²) < 4.78 is 0. The second-order valence-electron chi connectivity index (χ2n) is 5.16. The highest BCUT2D eigenvalue weighted by molar-refractivity contribution is 6.00. The van der Waals surface area contributed by atoms with E-state index in [1.807, 2.05) is 18.2 Å². The SMILES string of the molecule is NC(=O)c1[nH]c2ccccc2c1C1CCCCC1. The van der Waals surface area contributed by atoms with Gasteiger partial charge in [0.1, 0.15) is 5.69 Å². The van der Waals surface area contributed by atoms with Crippen molar-refractivity contribution < 1.29 is 4.79 Å². The van der Waals surface area contributed by atoms with Crippen LogP contribution in [0.4, 0.5) is 0 Å². The van der Waals surface area contributed by atoms with E-state index in [1.54, 1.807) is 0 Å². The van der Waals surface area contributed by atoms with Crippen LogP contribution in [0.1, 0.15) is 54.1 Å². The van der Waals surface area contributed by atoms with E-state index in [0.29, 0.717) is 11.6 Å². The number of hydrogen-bond donors (Lipinski definition) is 2. The third-order valence-electron chi connectivity index (χ3n) is 4.01. The van der Waals surface area contributed by atoms with Gasteiger partial charge >= 0.3 is 0 Å². The summed E-state index contributed by atoms with van der Waals surface area (Å²) in [6.45, 7) is 0. The van der Waals surface area contributed by atoms with Gasteiger partial charge in [0, 0.05) is 10.9 Å². The Morgan fingerprint density at radius 2 is 1.89 bits per heavy atom. The lowest BCUT2D eigenvalue weighted by atomic mass is 9.82. The number of carbonyl (C=O) groups excluding carboxylic acids is 1. The van der Waals surface area contributed by atoms with Crippen LogP contribution in [-0.2, 0) is 0 Å². The van der Waals surface area contributed by atoms with Gasteiger partial charge in [-0.1, -0.05) is 37.5 Å². The largest absolute Gasteiger partial charge is 0.364 e. The van der Waals surface area contributed by atoms with Crippen LogP contribution in [0.2, 0.25) is 0 Å². The smallest absolute Gasteiger partial charge is 0.265 e. The summed E-state index contributed by atoms with van der Waals surface area (Å²) in [5, 5.41) is 1.17. The maximum atomic E-state index is 11.6. The van der Waals surface area contributed by atoms with Gasteiger partial charge in [-0.05, 0) is 30.4 Å². The van der Waals surface area contributed by atoms with Gasteiger partial charge in [-0.15, -0.1) is 0 Å². The number of nitrogens with one attached hydrogen (secondary N) is 1. The van der Waals surface area contributed by atoms with Crippen LogP contribution in [0.25, 0.3) is 10.9 Å². The molecular weight excluding hydrogens is 224 g/mol. The molecule has 3 rings (SSSR count). The summed E-state index contributed by atoms with van der Waals surface area (Å²) in [7, 11) is 0. The van der Waals surface area contributed by atoms with E-state index in [0.717, 1.165) is 11.1 Å². The van der Waals surface area contributed by atoms with Crippen LogP contribution in [-0.4, -0.2) is 10.9 Å². The lowest BCUT2D eigenvalue weighted by Gasteiger charge is -2.22. The molecule has 0 atom stereocenters. The van der Waals surface area contributed by atoms with Gasteiger partial charge in [0.15, 0.2) is 0 Å². The molecule has 1 amide bonds. The minimum atomic E-state index is -0.341. The van der Waals surface area contributed by atoms with E-state index in [2.05, 4.69) is 11.1 Å². The number of para-hydroxylation sites is 1. The van der Waals surface area contributed by atoms with E-state index >= 15 is 0 Å². The standard InChI is InChI=1S/C15H18N2O/c16-15(18)14-13(10-6-2-1-3-7-10)11-8-4-5-9-12(11)17-14/h4-5,8-10,17H,1-3,6-7H2,(H2,16,18). The Kier molecular flexibility index (Phi) is 2.82. The van der Waals surface area contributed by atoms with Crippen molar-refractivity contribution >= 4 is 16.8 Å². The fraction of sp³-hybridized carbons (Fsp3) is 0.400. The Morgan fingerprint density at radius 1 is 1.17 bits per heavy atom. The van der Waals surface area contributed by atoms with Gasteiger partial charge in [-0.3, -0.25) is 4.79 Å². The monoisotopic (exact) mass is 242 g/mol. The highest BCUT2D eigenvalue weighted by Crippen LogP contribution is 2.38. The summed E-state index contributed by atoms with van der Waals surface area (Å²) in [5.74, 6) is 0.143. The summed E-state index contributed by atoms with van der Waals surface area (Å²) >= 11 is 0. The molecular formula is C15H18N2O. The average Bonchev–Trinajstić information content (AvgIpc) is 2.79. The maximum Gasteiger partial charge on any atom is 0.265 e. The molecule has 1 aromatic heterocycles. The van der Waals surface area contributed by atoms with E-state index in [-0.39, 0.29) is 5.91 Å². The summed E-state index contributed by atoms with van der Waals surface area (Å²) in [4.78, 5) is 14.8. The van der Waals surface area contributed by atoms with Gasteiger partial charge < -0.3 is 10.7 Å². The lowest BCUT2D eigenvalue weighted by molar-refractivity contribution is 0.0994. The maximum absolute atomic E-state index is 11.6. The molecule has 1 aliphatic carbocycles. The minimum Gasteiger partial charge on any atom is -0.364 e. The van der Waals surface area contributed by atoms with Crippen LogP contribution in [0.3, 0.4) is 0 Å². The predicted octanol–water partition coefficient (Wildman–Crippen LogP) is 3.31. The predicted molar refractivity (Wildman–Crippen MR) is 72.6 cm³/mol. The topological polar surface area (TPSA) is 58.9 Å². The van der Waals surface area contributed by atoms with Crippen molar-refractivity contribution in [2.75, 3.05) is 0 Å². The first-order valence-electron chi connectivity index (χ1n) is 6.68. The lowest BCUT2D eigenvalue weighted by Crippen LogP contribution is -2.16. The van der Waals surface area contributed by atoms with Crippen molar-refractivity contribution in [3.05, 3.63) is 35.5 Å². The van der Waals surface area contributed by atoms with E-state index in [1.165, 1.54) is 37.5 Å². The summed E-state index contributed by atoms with van der Waals surface area (Å²) in [5.41, 5.74) is 8.30. The second-order valence-corrected chi connectivity index (χ2v) is 5.16. The molecule has 2 aromatic rings. The quantitative estimate of drug-likeness (QED) is 0.833.